The van der Waals surface area contributed by atoms with Crippen LogP contribution in [0.1, 0.15) is 24.0 Å². The van der Waals surface area contributed by atoms with Gasteiger partial charge in [-0.05, 0) is 56.0 Å². The fraction of sp³-hybridized carbons (Fsp3) is 0.350. The predicted molar refractivity (Wildman–Crippen MR) is 109 cm³/mol. The van der Waals surface area contributed by atoms with Crippen LogP contribution in [0, 0.1) is 13.8 Å². The van der Waals surface area contributed by atoms with Crippen molar-refractivity contribution in [1.82, 2.24) is 4.31 Å². The molecule has 1 aliphatic rings. The van der Waals surface area contributed by atoms with E-state index in [1.807, 2.05) is 6.92 Å². The van der Waals surface area contributed by atoms with Crippen molar-refractivity contribution in [3.05, 3.63) is 52.5 Å². The number of nitrogens with one attached hydrogen (secondary N) is 1. The van der Waals surface area contributed by atoms with Gasteiger partial charge in [-0.2, -0.15) is 4.31 Å². The Morgan fingerprint density at radius 1 is 1.18 bits per heavy atom. The van der Waals surface area contributed by atoms with Crippen LogP contribution < -0.4 is 10.1 Å². The molecule has 1 heterocycles. The predicted octanol–water partition coefficient (Wildman–Crippen LogP) is 3.76. The average Bonchev–Trinajstić information content (AvgIpc) is 3.16. The van der Waals surface area contributed by atoms with Gasteiger partial charge in [0, 0.05) is 23.3 Å². The fourth-order valence-electron chi connectivity index (χ4n) is 3.35. The van der Waals surface area contributed by atoms with E-state index in [4.69, 9.17) is 16.3 Å². The summed E-state index contributed by atoms with van der Waals surface area (Å²) < 4.78 is 33.0. The van der Waals surface area contributed by atoms with Crippen LogP contribution in [0.15, 0.2) is 41.3 Å². The molecule has 1 unspecified atom stereocenters. The van der Waals surface area contributed by atoms with Crippen molar-refractivity contribution >= 4 is 33.2 Å². The lowest BCUT2D eigenvalue weighted by molar-refractivity contribution is -0.119. The summed E-state index contributed by atoms with van der Waals surface area (Å²) in [6.45, 7) is 3.88. The molecule has 1 aliphatic heterocycles. The molecule has 1 atom stereocenters. The van der Waals surface area contributed by atoms with Crippen LogP contribution in [0.2, 0.25) is 5.02 Å². The molecule has 0 radical (unpaired) electrons. The molecule has 0 aromatic heterocycles. The van der Waals surface area contributed by atoms with Gasteiger partial charge in [-0.3, -0.25) is 4.79 Å². The van der Waals surface area contributed by atoms with Crippen molar-refractivity contribution in [1.29, 1.82) is 0 Å². The monoisotopic (exact) mass is 422 g/mol. The van der Waals surface area contributed by atoms with Crippen molar-refractivity contribution in [3.8, 4) is 5.75 Å². The molecule has 2 aromatic rings. The maximum atomic E-state index is 13.3. The van der Waals surface area contributed by atoms with Gasteiger partial charge in [-0.1, -0.05) is 23.7 Å². The molecule has 28 heavy (non-hydrogen) atoms. The van der Waals surface area contributed by atoms with Crippen LogP contribution in [-0.2, 0) is 14.8 Å². The highest BCUT2D eigenvalue weighted by Crippen LogP contribution is 2.31. The first-order valence-corrected chi connectivity index (χ1v) is 10.8. The molecule has 1 N–H and O–H groups in total. The van der Waals surface area contributed by atoms with Crippen LogP contribution in [0.25, 0.3) is 0 Å². The van der Waals surface area contributed by atoms with Gasteiger partial charge < -0.3 is 10.1 Å². The van der Waals surface area contributed by atoms with Crippen LogP contribution >= 0.6 is 11.6 Å². The minimum Gasteiger partial charge on any atom is -0.497 e. The Bertz CT molecular complexity index is 1010. The summed E-state index contributed by atoms with van der Waals surface area (Å²) in [5, 5.41) is 3.33. The van der Waals surface area contributed by atoms with Crippen molar-refractivity contribution < 1.29 is 17.9 Å². The molecule has 2 aromatic carbocycles. The quantitative estimate of drug-likeness (QED) is 0.796. The molecule has 1 amide bonds. The number of methoxy groups -OCH3 is 1. The Balaban J connectivity index is 1.89. The third-order valence-corrected chi connectivity index (χ3v) is 7.23. The number of halogens is 1. The molecule has 1 saturated heterocycles. The van der Waals surface area contributed by atoms with Gasteiger partial charge in [0.15, 0.2) is 0 Å². The zero-order valence-electron chi connectivity index (χ0n) is 16.0. The lowest BCUT2D eigenvalue weighted by Crippen LogP contribution is -2.43. The number of hydrogen-bond donors (Lipinski definition) is 1. The third-order valence-electron chi connectivity index (χ3n) is 4.95. The molecule has 150 valence electrons. The van der Waals surface area contributed by atoms with Gasteiger partial charge in [0.1, 0.15) is 11.8 Å². The summed E-state index contributed by atoms with van der Waals surface area (Å²) in [6.07, 6.45) is 1.09. The number of rotatable bonds is 5. The molecule has 0 saturated carbocycles. The number of aryl methyl sites for hydroxylation is 2. The first-order valence-electron chi connectivity index (χ1n) is 8.97. The van der Waals surface area contributed by atoms with Crippen LogP contribution in [0.3, 0.4) is 0 Å². The maximum absolute atomic E-state index is 13.3. The Kier molecular flexibility index (Phi) is 5.98. The van der Waals surface area contributed by atoms with E-state index in [2.05, 4.69) is 5.32 Å². The van der Waals surface area contributed by atoms with E-state index in [1.165, 1.54) is 17.5 Å². The van der Waals surface area contributed by atoms with Crippen molar-refractivity contribution in [2.24, 2.45) is 0 Å². The number of ether oxygens (including phenoxy) is 1. The van der Waals surface area contributed by atoms with E-state index in [0.717, 1.165) is 5.56 Å². The third kappa shape index (κ3) is 4.01. The molecule has 6 nitrogen and oxygen atoms in total. The molecule has 1 fully saturated rings. The van der Waals surface area contributed by atoms with Gasteiger partial charge in [0.05, 0.1) is 12.0 Å². The molecule has 0 bridgehead atoms. The minimum absolute atomic E-state index is 0.158. The normalized spacial score (nSPS) is 17.5. The van der Waals surface area contributed by atoms with E-state index in [-0.39, 0.29) is 10.8 Å². The van der Waals surface area contributed by atoms with E-state index in [9.17, 15) is 13.2 Å². The zero-order chi connectivity index (χ0) is 20.5. The van der Waals surface area contributed by atoms with Crippen LogP contribution in [0.4, 0.5) is 5.69 Å². The van der Waals surface area contributed by atoms with Gasteiger partial charge in [-0.25, -0.2) is 8.42 Å². The molecule has 0 aliphatic carbocycles. The number of sulfonamides is 1. The largest absolute Gasteiger partial charge is 0.497 e. The summed E-state index contributed by atoms with van der Waals surface area (Å²) in [7, 11) is -2.35. The Morgan fingerprint density at radius 2 is 1.89 bits per heavy atom. The SMILES string of the molecule is COc1ccc(C)c(S(=O)(=O)N2CCCC2C(=O)Nc2cc(Cl)ccc2C)c1. The molecular formula is C20H23ClN2O4S. The first-order chi connectivity index (χ1) is 13.2. The second-order valence-corrected chi connectivity index (χ2v) is 9.15. The smallest absolute Gasteiger partial charge is 0.244 e. The molecule has 8 heteroatoms. The van der Waals surface area contributed by atoms with Crippen LogP contribution in [-0.4, -0.2) is 38.3 Å². The van der Waals surface area contributed by atoms with Crippen molar-refractivity contribution in [2.45, 2.75) is 37.6 Å². The van der Waals surface area contributed by atoms with E-state index < -0.39 is 16.1 Å². The van der Waals surface area contributed by atoms with E-state index in [1.54, 1.807) is 37.3 Å². The summed E-state index contributed by atoms with van der Waals surface area (Å²) in [6, 6.07) is 9.35. The van der Waals surface area contributed by atoms with Gasteiger partial charge in [0.2, 0.25) is 15.9 Å². The van der Waals surface area contributed by atoms with E-state index in [0.29, 0.717) is 41.4 Å². The lowest BCUT2D eigenvalue weighted by Gasteiger charge is -2.24. The highest BCUT2D eigenvalue weighted by atomic mass is 35.5. The fourth-order valence-corrected chi connectivity index (χ4v) is 5.42. The highest BCUT2D eigenvalue weighted by molar-refractivity contribution is 7.89. The summed E-state index contributed by atoms with van der Waals surface area (Å²) in [5.41, 5.74) is 2.05. The Morgan fingerprint density at radius 3 is 2.61 bits per heavy atom. The summed E-state index contributed by atoms with van der Waals surface area (Å²) >= 11 is 6.02. The van der Waals surface area contributed by atoms with Crippen molar-refractivity contribution in [2.75, 3.05) is 19.0 Å². The van der Waals surface area contributed by atoms with Crippen molar-refractivity contribution in [3.63, 3.8) is 0 Å². The first kappa shape index (κ1) is 20.6. The molecular weight excluding hydrogens is 400 g/mol. The van der Waals surface area contributed by atoms with E-state index >= 15 is 0 Å². The number of amides is 1. The number of hydrogen-bond acceptors (Lipinski definition) is 4. The molecule has 0 spiro atoms. The van der Waals surface area contributed by atoms with Gasteiger partial charge >= 0.3 is 0 Å². The minimum atomic E-state index is -3.84. The Labute approximate surface area is 170 Å². The standard InChI is InChI=1S/C20H23ClN2O4S/c1-13-6-8-15(21)11-17(13)22-20(24)18-5-4-10-23(18)28(25,26)19-12-16(27-3)9-7-14(19)2/h6-9,11-12,18H,4-5,10H2,1-3H3,(H,22,24). The lowest BCUT2D eigenvalue weighted by atomic mass is 10.1. The number of carbonyl (C=O) groups excluding carboxylic acids is 1. The highest BCUT2D eigenvalue weighted by Gasteiger charge is 2.40. The second-order valence-electron chi connectivity index (χ2n) is 6.85. The van der Waals surface area contributed by atoms with Gasteiger partial charge in [0.25, 0.3) is 0 Å². The number of nitrogens with zero attached hydrogens (tertiary/aromatic N) is 1. The average molecular weight is 423 g/mol. The number of benzene rings is 2. The summed E-state index contributed by atoms with van der Waals surface area (Å²) in [5.74, 6) is 0.103. The Hall–Kier alpha value is -2.09. The molecule has 3 rings (SSSR count). The topological polar surface area (TPSA) is 75.7 Å². The summed E-state index contributed by atoms with van der Waals surface area (Å²) in [4.78, 5) is 13.0. The van der Waals surface area contributed by atoms with Crippen LogP contribution in [0.5, 0.6) is 5.75 Å². The zero-order valence-corrected chi connectivity index (χ0v) is 17.6. The van der Waals surface area contributed by atoms with Gasteiger partial charge in [-0.15, -0.1) is 0 Å². The maximum Gasteiger partial charge on any atom is 0.244 e. The number of carbonyl (C=O) groups is 1. The number of anilines is 1. The second kappa shape index (κ2) is 8.11.